The van der Waals surface area contributed by atoms with Crippen LogP contribution in [0.1, 0.15) is 17.5 Å². The van der Waals surface area contributed by atoms with E-state index in [9.17, 15) is 22.2 Å². The van der Waals surface area contributed by atoms with Crippen molar-refractivity contribution in [3.8, 4) is 0 Å². The van der Waals surface area contributed by atoms with Gasteiger partial charge in [-0.25, -0.2) is 0 Å². The Morgan fingerprint density at radius 2 is 2.08 bits per heavy atom. The molecule has 1 aromatic carbocycles. The van der Waals surface area contributed by atoms with Gasteiger partial charge in [0.2, 0.25) is 5.91 Å². The second-order valence-corrected chi connectivity index (χ2v) is 7.61. The van der Waals surface area contributed by atoms with E-state index in [1.54, 1.807) is 12.2 Å². The molecule has 1 saturated heterocycles. The second kappa shape index (κ2) is 6.80. The largest absolute Gasteiger partial charge is 0.416 e. The van der Waals surface area contributed by atoms with E-state index >= 15 is 0 Å². The first-order valence-electron chi connectivity index (χ1n) is 7.41. The number of hydrogen-bond donors (Lipinski definition) is 1. The van der Waals surface area contributed by atoms with Gasteiger partial charge in [-0.15, -0.1) is 0 Å². The van der Waals surface area contributed by atoms with Gasteiger partial charge in [-0.1, -0.05) is 42.0 Å². The van der Waals surface area contributed by atoms with Crippen molar-refractivity contribution in [3.63, 3.8) is 0 Å². The summed E-state index contributed by atoms with van der Waals surface area (Å²) in [4.78, 5) is 12.2. The molecule has 0 saturated carbocycles. The van der Waals surface area contributed by atoms with Crippen LogP contribution in [0.15, 0.2) is 58.1 Å². The Hall–Kier alpha value is -1.86. The maximum Gasteiger partial charge on any atom is 0.416 e. The number of carbonyl (C=O) groups is 1. The molecule has 25 heavy (non-hydrogen) atoms. The lowest BCUT2D eigenvalue weighted by Crippen LogP contribution is -2.26. The summed E-state index contributed by atoms with van der Waals surface area (Å²) in [6, 6.07) is 4.70. The van der Waals surface area contributed by atoms with Crippen LogP contribution in [0.2, 0.25) is 0 Å². The van der Waals surface area contributed by atoms with E-state index in [1.807, 2.05) is 6.08 Å². The van der Waals surface area contributed by atoms with Crippen LogP contribution in [0, 0.1) is 0 Å². The van der Waals surface area contributed by atoms with Crippen molar-refractivity contribution in [2.45, 2.75) is 24.3 Å². The lowest BCUT2D eigenvalue weighted by molar-refractivity contribution is -0.137. The molecule has 1 aromatic rings. The summed E-state index contributed by atoms with van der Waals surface area (Å²) in [5, 5.41) is 2.27. The monoisotopic (exact) mass is 387 g/mol. The fraction of sp³-hybridized carbons (Fsp3) is 0.235. The molecule has 8 heteroatoms. The van der Waals surface area contributed by atoms with Crippen molar-refractivity contribution >= 4 is 28.3 Å². The number of hydrogen-bond acceptors (Lipinski definition) is 2. The van der Waals surface area contributed by atoms with Crippen molar-refractivity contribution in [2.24, 2.45) is 0 Å². The minimum atomic E-state index is -4.47. The van der Waals surface area contributed by atoms with Crippen LogP contribution in [0.25, 0.3) is 0 Å². The molecular weight excluding hydrogens is 375 g/mol. The van der Waals surface area contributed by atoms with E-state index in [0.29, 0.717) is 22.6 Å². The number of carbonyl (C=O) groups excluding carboxylic acids is 1. The quantitative estimate of drug-likeness (QED) is 0.839. The third kappa shape index (κ3) is 3.72. The molecule has 132 valence electrons. The van der Waals surface area contributed by atoms with Gasteiger partial charge < -0.3 is 5.32 Å². The van der Waals surface area contributed by atoms with Crippen molar-refractivity contribution in [1.82, 2.24) is 5.32 Å². The molecule has 0 spiro atoms. The van der Waals surface area contributed by atoms with E-state index in [2.05, 4.69) is 5.32 Å². The van der Waals surface area contributed by atoms with Gasteiger partial charge in [0, 0.05) is 10.6 Å². The summed E-state index contributed by atoms with van der Waals surface area (Å²) >= 11 is 6.10. The van der Waals surface area contributed by atoms with Gasteiger partial charge in [0.15, 0.2) is 0 Å². The van der Waals surface area contributed by atoms with Crippen molar-refractivity contribution < 1.29 is 22.2 Å². The molecule has 0 aromatic heterocycles. The summed E-state index contributed by atoms with van der Waals surface area (Å²) in [6.07, 6.45) is 1.14. The molecule has 2 unspecified atom stereocenters. The highest BCUT2D eigenvalue weighted by molar-refractivity contribution is 7.91. The third-order valence-corrected chi connectivity index (χ3v) is 5.93. The molecule has 1 fully saturated rings. The van der Waals surface area contributed by atoms with E-state index in [1.165, 1.54) is 12.1 Å². The lowest BCUT2D eigenvalue weighted by atomic mass is 10.1. The van der Waals surface area contributed by atoms with Crippen molar-refractivity contribution in [1.29, 1.82) is 0 Å². The topological polar surface area (TPSA) is 46.2 Å². The molecule has 1 amide bonds. The number of amides is 1. The summed E-state index contributed by atoms with van der Waals surface area (Å²) in [6.45, 7) is 0. The molecule has 0 bridgehead atoms. The number of rotatable bonds is 2. The average Bonchev–Trinajstić information content (AvgIpc) is 2.83. The van der Waals surface area contributed by atoms with Crippen LogP contribution in [-0.4, -0.2) is 15.4 Å². The maximum absolute atomic E-state index is 12.8. The number of halogens is 4. The molecule has 3 nitrogen and oxygen atoms in total. The standard InChI is InChI=1S/C17H13ClF3NO2S/c18-13-7-2-1-6-12(13)16-22-15(23)14(25(16)24)9-10-4-3-5-11(8-10)17(19,20)21/h1-5,7-8,14H,6,9H2,(H,22,23). The SMILES string of the molecule is O=C1NC(=C2CC=CC=C2Cl)S(=O)C1Cc1cccc(C(F)(F)F)c1. The molecule has 0 radical (unpaired) electrons. The molecular formula is C17H13ClF3NO2S. The summed E-state index contributed by atoms with van der Waals surface area (Å²) < 4.78 is 51.1. The highest BCUT2D eigenvalue weighted by atomic mass is 35.5. The highest BCUT2D eigenvalue weighted by Gasteiger charge is 2.38. The Morgan fingerprint density at radius 3 is 2.76 bits per heavy atom. The molecule has 1 N–H and O–H groups in total. The Bertz CT molecular complexity index is 843. The second-order valence-electron chi connectivity index (χ2n) is 5.63. The van der Waals surface area contributed by atoms with Gasteiger partial charge in [0.1, 0.15) is 10.3 Å². The van der Waals surface area contributed by atoms with E-state index in [0.717, 1.165) is 12.1 Å². The first kappa shape index (κ1) is 17.9. The number of allylic oxidation sites excluding steroid dienone is 5. The van der Waals surface area contributed by atoms with Gasteiger partial charge in [-0.3, -0.25) is 9.00 Å². The van der Waals surface area contributed by atoms with Gasteiger partial charge in [-0.2, -0.15) is 13.2 Å². The smallest absolute Gasteiger partial charge is 0.317 e. The lowest BCUT2D eigenvalue weighted by Gasteiger charge is -2.11. The minimum Gasteiger partial charge on any atom is -0.317 e. The number of nitrogens with one attached hydrogen (secondary N) is 1. The van der Waals surface area contributed by atoms with Crippen molar-refractivity contribution in [2.75, 3.05) is 0 Å². The number of benzene rings is 1. The zero-order valence-electron chi connectivity index (χ0n) is 12.8. The average molecular weight is 388 g/mol. The summed E-state index contributed by atoms with van der Waals surface area (Å²) in [5.74, 6) is -0.475. The van der Waals surface area contributed by atoms with Gasteiger partial charge in [0.25, 0.3) is 0 Å². The van der Waals surface area contributed by atoms with Crippen LogP contribution in [0.4, 0.5) is 13.2 Å². The van der Waals surface area contributed by atoms with Gasteiger partial charge >= 0.3 is 6.18 Å². The Balaban J connectivity index is 1.86. The fourth-order valence-corrected chi connectivity index (χ4v) is 4.49. The minimum absolute atomic E-state index is 0.0453. The third-order valence-electron chi connectivity index (χ3n) is 3.93. The molecule has 1 heterocycles. The van der Waals surface area contributed by atoms with Crippen LogP contribution >= 0.6 is 11.6 Å². The van der Waals surface area contributed by atoms with Crippen LogP contribution < -0.4 is 5.32 Å². The summed E-state index contributed by atoms with van der Waals surface area (Å²) in [5.41, 5.74) is 0.0818. The zero-order valence-corrected chi connectivity index (χ0v) is 14.3. The Labute approximate surface area is 149 Å². The maximum atomic E-state index is 12.8. The summed E-state index contributed by atoms with van der Waals surface area (Å²) in [7, 11) is -1.70. The van der Waals surface area contributed by atoms with E-state index in [4.69, 9.17) is 11.6 Å². The predicted molar refractivity (Wildman–Crippen MR) is 89.9 cm³/mol. The predicted octanol–water partition coefficient (Wildman–Crippen LogP) is 3.79. The molecule has 1 aliphatic heterocycles. The zero-order chi connectivity index (χ0) is 18.2. The van der Waals surface area contributed by atoms with Gasteiger partial charge in [-0.05, 0) is 30.5 Å². The van der Waals surface area contributed by atoms with Crippen LogP contribution in [0.3, 0.4) is 0 Å². The molecule has 2 aliphatic rings. The highest BCUT2D eigenvalue weighted by Crippen LogP contribution is 2.32. The molecule has 2 atom stereocenters. The number of alkyl halides is 3. The first-order chi connectivity index (χ1) is 11.8. The Morgan fingerprint density at radius 1 is 1.32 bits per heavy atom. The van der Waals surface area contributed by atoms with E-state index < -0.39 is 33.7 Å². The van der Waals surface area contributed by atoms with E-state index in [-0.39, 0.29) is 11.4 Å². The molecule has 1 aliphatic carbocycles. The fourth-order valence-electron chi connectivity index (χ4n) is 2.67. The normalized spacial score (nSPS) is 26.6. The van der Waals surface area contributed by atoms with Crippen LogP contribution in [0.5, 0.6) is 0 Å². The molecule has 3 rings (SSSR count). The van der Waals surface area contributed by atoms with Crippen LogP contribution in [-0.2, 0) is 28.2 Å². The Kier molecular flexibility index (Phi) is 4.88. The van der Waals surface area contributed by atoms with Gasteiger partial charge in [0.05, 0.1) is 16.4 Å². The van der Waals surface area contributed by atoms with Crippen molar-refractivity contribution in [3.05, 3.63) is 69.3 Å². The first-order valence-corrected chi connectivity index (χ1v) is 9.00.